The van der Waals surface area contributed by atoms with Gasteiger partial charge in [0.05, 0.1) is 0 Å². The highest BCUT2D eigenvalue weighted by atomic mass is 79.9. The van der Waals surface area contributed by atoms with Crippen molar-refractivity contribution >= 4 is 21.6 Å². The molecule has 1 fully saturated rings. The smallest absolute Gasteiger partial charge is 0.0486 e. The van der Waals surface area contributed by atoms with E-state index in [4.69, 9.17) is 4.74 Å². The van der Waals surface area contributed by atoms with Gasteiger partial charge in [-0.05, 0) is 47.3 Å². The molecule has 3 heteroatoms. The fourth-order valence-electron chi connectivity index (χ4n) is 1.85. The van der Waals surface area contributed by atoms with E-state index in [1.165, 1.54) is 12.1 Å². The van der Waals surface area contributed by atoms with Crippen LogP contribution in [-0.2, 0) is 4.74 Å². The molecule has 2 rings (SSSR count). The lowest BCUT2D eigenvalue weighted by Crippen LogP contribution is -2.19. The van der Waals surface area contributed by atoms with Crippen LogP contribution >= 0.6 is 15.9 Å². The number of hydrogen-bond acceptors (Lipinski definition) is 2. The van der Waals surface area contributed by atoms with Crippen molar-refractivity contribution in [1.82, 2.24) is 0 Å². The van der Waals surface area contributed by atoms with Crippen LogP contribution in [-0.4, -0.2) is 19.3 Å². The molecule has 15 heavy (non-hydrogen) atoms. The average molecular weight is 270 g/mol. The van der Waals surface area contributed by atoms with Crippen molar-refractivity contribution in [2.24, 2.45) is 0 Å². The number of anilines is 1. The van der Waals surface area contributed by atoms with Crippen molar-refractivity contribution in [2.75, 3.05) is 18.5 Å². The van der Waals surface area contributed by atoms with E-state index in [2.05, 4.69) is 39.4 Å². The summed E-state index contributed by atoms with van der Waals surface area (Å²) in [5, 5.41) is 3.56. The first kappa shape index (κ1) is 11.0. The Labute approximate surface area is 99.1 Å². The van der Waals surface area contributed by atoms with Gasteiger partial charge in [0.2, 0.25) is 0 Å². The van der Waals surface area contributed by atoms with Crippen LogP contribution in [0.4, 0.5) is 5.69 Å². The molecule has 0 aromatic heterocycles. The summed E-state index contributed by atoms with van der Waals surface area (Å²) in [6.45, 7) is 1.79. The first-order valence-corrected chi connectivity index (χ1v) is 6.24. The van der Waals surface area contributed by atoms with Crippen molar-refractivity contribution in [3.8, 4) is 0 Å². The third-order valence-corrected chi connectivity index (χ3v) is 3.38. The summed E-state index contributed by atoms with van der Waals surface area (Å²) in [6, 6.07) is 8.81. The maximum atomic E-state index is 5.44. The fraction of sp³-hybridized carbons (Fsp3) is 0.500. The number of para-hydroxylation sites is 1. The lowest BCUT2D eigenvalue weighted by molar-refractivity contribution is 0.144. The Kier molecular flexibility index (Phi) is 4.03. The highest BCUT2D eigenvalue weighted by molar-refractivity contribution is 9.10. The monoisotopic (exact) mass is 269 g/mol. The molecule has 1 aliphatic rings. The van der Waals surface area contributed by atoms with Crippen LogP contribution in [0.3, 0.4) is 0 Å². The Balaban J connectivity index is 1.98. The van der Waals surface area contributed by atoms with E-state index in [1.54, 1.807) is 0 Å². The predicted molar refractivity (Wildman–Crippen MR) is 66.2 cm³/mol. The molecule has 0 bridgehead atoms. The topological polar surface area (TPSA) is 21.3 Å². The Morgan fingerprint density at radius 2 is 2.07 bits per heavy atom. The van der Waals surface area contributed by atoms with Gasteiger partial charge >= 0.3 is 0 Å². The van der Waals surface area contributed by atoms with Gasteiger partial charge in [0, 0.05) is 29.4 Å². The molecule has 1 saturated heterocycles. The SMILES string of the molecule is Brc1ccccc1NC1CCCOCC1. The molecule has 0 radical (unpaired) electrons. The van der Waals surface area contributed by atoms with Crippen LogP contribution < -0.4 is 5.32 Å². The van der Waals surface area contributed by atoms with Gasteiger partial charge in [-0.25, -0.2) is 0 Å². The fourth-order valence-corrected chi connectivity index (χ4v) is 2.25. The summed E-state index contributed by atoms with van der Waals surface area (Å²) in [4.78, 5) is 0. The minimum absolute atomic E-state index is 0.547. The van der Waals surface area contributed by atoms with Crippen LogP contribution in [0.2, 0.25) is 0 Å². The maximum Gasteiger partial charge on any atom is 0.0486 e. The predicted octanol–water partition coefficient (Wildman–Crippen LogP) is 3.43. The van der Waals surface area contributed by atoms with Gasteiger partial charge < -0.3 is 10.1 Å². The van der Waals surface area contributed by atoms with Gasteiger partial charge in [-0.2, -0.15) is 0 Å². The Hall–Kier alpha value is -0.540. The first-order chi connectivity index (χ1) is 7.36. The molecule has 0 aliphatic carbocycles. The third-order valence-electron chi connectivity index (χ3n) is 2.69. The quantitative estimate of drug-likeness (QED) is 0.889. The minimum atomic E-state index is 0.547. The molecule has 0 amide bonds. The van der Waals surface area contributed by atoms with E-state index in [1.807, 2.05) is 6.07 Å². The number of ether oxygens (including phenoxy) is 1. The van der Waals surface area contributed by atoms with E-state index >= 15 is 0 Å². The number of hydrogen-bond donors (Lipinski definition) is 1. The molecule has 0 spiro atoms. The summed E-state index contributed by atoms with van der Waals surface area (Å²) in [7, 11) is 0. The summed E-state index contributed by atoms with van der Waals surface area (Å²) in [5.74, 6) is 0. The molecule has 1 N–H and O–H groups in total. The van der Waals surface area contributed by atoms with Crippen LogP contribution in [0.15, 0.2) is 28.7 Å². The molecule has 2 nitrogen and oxygen atoms in total. The third kappa shape index (κ3) is 3.21. The lowest BCUT2D eigenvalue weighted by Gasteiger charge is -2.17. The lowest BCUT2D eigenvalue weighted by atomic mass is 10.1. The average Bonchev–Trinajstić information content (AvgIpc) is 2.50. The molecular formula is C12H16BrNO. The maximum absolute atomic E-state index is 5.44. The van der Waals surface area contributed by atoms with E-state index < -0.39 is 0 Å². The number of halogens is 1. The zero-order chi connectivity index (χ0) is 10.5. The molecule has 1 aliphatic heterocycles. The number of nitrogens with one attached hydrogen (secondary N) is 1. The molecule has 1 unspecified atom stereocenters. The summed E-state index contributed by atoms with van der Waals surface area (Å²) >= 11 is 3.55. The minimum Gasteiger partial charge on any atom is -0.381 e. The van der Waals surface area contributed by atoms with Gasteiger partial charge in [0.25, 0.3) is 0 Å². The highest BCUT2D eigenvalue weighted by Crippen LogP contribution is 2.24. The molecule has 1 aromatic carbocycles. The largest absolute Gasteiger partial charge is 0.381 e. The van der Waals surface area contributed by atoms with Gasteiger partial charge in [-0.3, -0.25) is 0 Å². The molecule has 1 atom stereocenters. The van der Waals surface area contributed by atoms with Gasteiger partial charge in [-0.15, -0.1) is 0 Å². The molecule has 0 saturated carbocycles. The second-order valence-corrected chi connectivity index (χ2v) is 4.72. The van der Waals surface area contributed by atoms with Crippen LogP contribution in [0.5, 0.6) is 0 Å². The number of rotatable bonds is 2. The molecule has 1 aromatic rings. The van der Waals surface area contributed by atoms with Crippen LogP contribution in [0.25, 0.3) is 0 Å². The molecule has 1 heterocycles. The van der Waals surface area contributed by atoms with Crippen molar-refractivity contribution in [3.63, 3.8) is 0 Å². The second kappa shape index (κ2) is 5.52. The first-order valence-electron chi connectivity index (χ1n) is 5.45. The Morgan fingerprint density at radius 3 is 2.93 bits per heavy atom. The van der Waals surface area contributed by atoms with Crippen LogP contribution in [0.1, 0.15) is 19.3 Å². The molecule has 82 valence electrons. The van der Waals surface area contributed by atoms with E-state index in [-0.39, 0.29) is 0 Å². The Morgan fingerprint density at radius 1 is 1.20 bits per heavy atom. The zero-order valence-corrected chi connectivity index (χ0v) is 10.3. The highest BCUT2D eigenvalue weighted by Gasteiger charge is 2.12. The van der Waals surface area contributed by atoms with E-state index in [0.29, 0.717) is 6.04 Å². The van der Waals surface area contributed by atoms with Gasteiger partial charge in [0.15, 0.2) is 0 Å². The van der Waals surface area contributed by atoms with E-state index in [9.17, 15) is 0 Å². The van der Waals surface area contributed by atoms with Crippen LogP contribution in [0, 0.1) is 0 Å². The van der Waals surface area contributed by atoms with Gasteiger partial charge in [0.1, 0.15) is 0 Å². The summed E-state index contributed by atoms with van der Waals surface area (Å²) in [6.07, 6.45) is 3.45. The zero-order valence-electron chi connectivity index (χ0n) is 8.71. The summed E-state index contributed by atoms with van der Waals surface area (Å²) < 4.78 is 6.58. The van der Waals surface area contributed by atoms with Crippen molar-refractivity contribution < 1.29 is 4.74 Å². The standard InChI is InChI=1S/C12H16BrNO/c13-11-5-1-2-6-12(11)14-10-4-3-8-15-9-7-10/h1-2,5-6,10,14H,3-4,7-9H2. The van der Waals surface area contributed by atoms with Crippen molar-refractivity contribution in [1.29, 1.82) is 0 Å². The van der Waals surface area contributed by atoms with Crippen molar-refractivity contribution in [2.45, 2.75) is 25.3 Å². The normalized spacial score (nSPS) is 22.1. The van der Waals surface area contributed by atoms with Gasteiger partial charge in [-0.1, -0.05) is 12.1 Å². The summed E-state index contributed by atoms with van der Waals surface area (Å²) in [5.41, 5.74) is 1.18. The number of benzene rings is 1. The second-order valence-electron chi connectivity index (χ2n) is 3.86. The van der Waals surface area contributed by atoms with E-state index in [0.717, 1.165) is 30.5 Å². The Bertz CT molecular complexity index is 308. The molecular weight excluding hydrogens is 254 g/mol. The van der Waals surface area contributed by atoms with Crippen molar-refractivity contribution in [3.05, 3.63) is 28.7 Å².